The lowest BCUT2D eigenvalue weighted by molar-refractivity contribution is -0.142. The molecule has 4 rings (SSSR count). The molecular weight excluding hydrogens is 612 g/mol. The number of nitrogens with zero attached hydrogens (tertiary/aromatic N) is 1. The molecule has 0 bridgehead atoms. The van der Waals surface area contributed by atoms with Crippen molar-refractivity contribution in [1.29, 1.82) is 0 Å². The van der Waals surface area contributed by atoms with Crippen molar-refractivity contribution in [2.45, 2.75) is 50.1 Å². The topological polar surface area (TPSA) is 105 Å². The number of carbonyl (C=O) groups excluding carboxylic acids is 2. The normalized spacial score (nSPS) is 11.8. The lowest BCUT2D eigenvalue weighted by atomic mass is 10.0. The predicted octanol–water partition coefficient (Wildman–Crippen LogP) is 6.09. The van der Waals surface area contributed by atoms with Crippen LogP contribution in [0.25, 0.3) is 0 Å². The molecule has 242 valence electrons. The van der Waals surface area contributed by atoms with Crippen molar-refractivity contribution < 1.29 is 31.5 Å². The maximum absolute atomic E-state index is 13.8. The fourth-order valence-corrected chi connectivity index (χ4v) is 5.78. The first-order chi connectivity index (χ1) is 22.1. The summed E-state index contributed by atoms with van der Waals surface area (Å²) in [5.41, 5.74) is 1.70. The minimum atomic E-state index is -3.96. The van der Waals surface area contributed by atoms with Gasteiger partial charge in [0, 0.05) is 25.2 Å². The lowest BCUT2D eigenvalue weighted by Gasteiger charge is -2.31. The second-order valence-electron chi connectivity index (χ2n) is 10.7. The first kappa shape index (κ1) is 34.1. The van der Waals surface area contributed by atoms with Gasteiger partial charge in [-0.3, -0.25) is 14.3 Å². The van der Waals surface area contributed by atoms with Gasteiger partial charge in [0.25, 0.3) is 15.9 Å². The van der Waals surface area contributed by atoms with Gasteiger partial charge in [-0.1, -0.05) is 62.2 Å². The molecule has 0 unspecified atom stereocenters. The van der Waals surface area contributed by atoms with Crippen molar-refractivity contribution in [2.24, 2.45) is 0 Å². The van der Waals surface area contributed by atoms with E-state index in [9.17, 15) is 26.8 Å². The van der Waals surface area contributed by atoms with Crippen molar-refractivity contribution in [1.82, 2.24) is 10.2 Å². The fraction of sp³-hybridized carbons (Fsp3) is 0.257. The van der Waals surface area contributed by atoms with Crippen molar-refractivity contribution in [3.63, 3.8) is 0 Å². The van der Waals surface area contributed by atoms with E-state index in [1.165, 1.54) is 53.4 Å². The van der Waals surface area contributed by atoms with Gasteiger partial charge in [0.05, 0.1) is 4.90 Å². The molecule has 0 aliphatic rings. The first-order valence-electron chi connectivity index (χ1n) is 15.0. The standard InChI is InChI=1S/C35H37F2N3O5S/c1-2-3-7-22-38-35(42)33(23-26-8-5-4-6-9-26)40(24-27-10-12-28(36)13-11-27)34(41)25-45-31-18-20-32(21-19-31)46(43,44)39-30-16-14-29(37)15-17-30/h4-6,8-21,33,39H,2-3,7,22-25H2,1H3,(H,38,42)/t33-/m0/s1. The summed E-state index contributed by atoms with van der Waals surface area (Å²) in [5, 5.41) is 2.97. The van der Waals surface area contributed by atoms with E-state index in [0.717, 1.165) is 37.0 Å². The van der Waals surface area contributed by atoms with Gasteiger partial charge in [-0.2, -0.15) is 0 Å². The summed E-state index contributed by atoms with van der Waals surface area (Å²) in [7, 11) is -3.96. The molecule has 0 saturated heterocycles. The average Bonchev–Trinajstić information content (AvgIpc) is 3.06. The molecule has 0 aliphatic carbocycles. The summed E-state index contributed by atoms with van der Waals surface area (Å²) in [4.78, 5) is 28.7. The molecule has 0 fully saturated rings. The SMILES string of the molecule is CCCCCNC(=O)[C@H](Cc1ccccc1)N(Cc1ccc(F)cc1)C(=O)COc1ccc(S(=O)(=O)Nc2ccc(F)cc2)cc1. The number of ether oxygens (including phenoxy) is 1. The number of amides is 2. The second-order valence-corrected chi connectivity index (χ2v) is 12.4. The number of nitrogens with one attached hydrogen (secondary N) is 2. The van der Waals surface area contributed by atoms with Crippen LogP contribution in [-0.4, -0.2) is 44.3 Å². The number of rotatable bonds is 16. The van der Waals surface area contributed by atoms with E-state index < -0.39 is 40.2 Å². The van der Waals surface area contributed by atoms with Crippen LogP contribution in [0.3, 0.4) is 0 Å². The van der Waals surface area contributed by atoms with Gasteiger partial charge in [0.2, 0.25) is 5.91 Å². The van der Waals surface area contributed by atoms with Crippen molar-refractivity contribution in [3.05, 3.63) is 126 Å². The van der Waals surface area contributed by atoms with Crippen LogP contribution in [0.2, 0.25) is 0 Å². The Hall–Kier alpha value is -4.77. The van der Waals surface area contributed by atoms with E-state index >= 15 is 0 Å². The number of benzene rings is 4. The summed E-state index contributed by atoms with van der Waals surface area (Å²) in [6, 6.07) is 24.6. The van der Waals surface area contributed by atoms with E-state index in [2.05, 4.69) is 17.0 Å². The first-order valence-corrected chi connectivity index (χ1v) is 16.5. The van der Waals surface area contributed by atoms with Crippen molar-refractivity contribution in [2.75, 3.05) is 17.9 Å². The van der Waals surface area contributed by atoms with Crippen LogP contribution < -0.4 is 14.8 Å². The third kappa shape index (κ3) is 10.1. The summed E-state index contributed by atoms with van der Waals surface area (Å²) in [6.45, 7) is 2.14. The molecule has 0 spiro atoms. The maximum Gasteiger partial charge on any atom is 0.261 e. The van der Waals surface area contributed by atoms with Crippen LogP contribution in [0, 0.1) is 11.6 Å². The molecule has 0 radical (unpaired) electrons. The largest absolute Gasteiger partial charge is 0.484 e. The number of carbonyl (C=O) groups is 2. The summed E-state index contributed by atoms with van der Waals surface area (Å²) in [5.74, 6) is -1.46. The Labute approximate surface area is 268 Å². The van der Waals surface area contributed by atoms with Gasteiger partial charge in [0.1, 0.15) is 23.4 Å². The number of unbranched alkanes of at least 4 members (excludes halogenated alkanes) is 2. The zero-order valence-corrected chi connectivity index (χ0v) is 26.3. The highest BCUT2D eigenvalue weighted by molar-refractivity contribution is 7.92. The molecule has 11 heteroatoms. The summed E-state index contributed by atoms with van der Waals surface area (Å²) in [6.07, 6.45) is 3.01. The van der Waals surface area contributed by atoms with Gasteiger partial charge in [-0.05, 0) is 78.2 Å². The molecule has 4 aromatic rings. The molecule has 0 saturated carbocycles. The predicted molar refractivity (Wildman–Crippen MR) is 173 cm³/mol. The molecule has 0 aliphatic heterocycles. The Morgan fingerprint density at radius 1 is 0.804 bits per heavy atom. The van der Waals surface area contributed by atoms with Gasteiger partial charge >= 0.3 is 0 Å². The third-order valence-corrected chi connectivity index (χ3v) is 8.61. The fourth-order valence-electron chi connectivity index (χ4n) is 4.72. The highest BCUT2D eigenvalue weighted by Crippen LogP contribution is 2.21. The molecule has 46 heavy (non-hydrogen) atoms. The van der Waals surface area contributed by atoms with Crippen LogP contribution in [0.4, 0.5) is 14.5 Å². The molecule has 4 aromatic carbocycles. The Kier molecular flexibility index (Phi) is 12.2. The Balaban J connectivity index is 1.52. The van der Waals surface area contributed by atoms with Crippen molar-refractivity contribution in [3.8, 4) is 5.75 Å². The molecule has 0 heterocycles. The minimum absolute atomic E-state index is 0.0363. The highest BCUT2D eigenvalue weighted by Gasteiger charge is 2.30. The van der Waals surface area contributed by atoms with E-state index in [4.69, 9.17) is 4.74 Å². The third-order valence-electron chi connectivity index (χ3n) is 7.21. The van der Waals surface area contributed by atoms with Gasteiger partial charge < -0.3 is 15.0 Å². The van der Waals surface area contributed by atoms with Crippen LogP contribution in [0.5, 0.6) is 5.75 Å². The molecule has 2 N–H and O–H groups in total. The number of sulfonamides is 1. The van der Waals surface area contributed by atoms with Crippen molar-refractivity contribution >= 4 is 27.5 Å². The molecule has 8 nitrogen and oxygen atoms in total. The zero-order valence-electron chi connectivity index (χ0n) is 25.5. The quantitative estimate of drug-likeness (QED) is 0.143. The number of hydrogen-bond donors (Lipinski definition) is 2. The van der Waals surface area contributed by atoms with Gasteiger partial charge in [0.15, 0.2) is 6.61 Å². The second kappa shape index (κ2) is 16.5. The van der Waals surface area contributed by atoms with E-state index in [1.807, 2.05) is 30.3 Å². The lowest BCUT2D eigenvalue weighted by Crippen LogP contribution is -2.51. The summed E-state index contributed by atoms with van der Waals surface area (Å²) >= 11 is 0. The highest BCUT2D eigenvalue weighted by atomic mass is 32.2. The Morgan fingerprint density at radius 2 is 1.43 bits per heavy atom. The molecule has 0 aromatic heterocycles. The van der Waals surface area contributed by atoms with E-state index in [1.54, 1.807) is 12.1 Å². The van der Waals surface area contributed by atoms with Crippen LogP contribution in [0.15, 0.2) is 108 Å². The van der Waals surface area contributed by atoms with E-state index in [0.29, 0.717) is 12.1 Å². The number of hydrogen-bond acceptors (Lipinski definition) is 5. The Bertz CT molecular complexity index is 1670. The zero-order chi connectivity index (χ0) is 32.9. The van der Waals surface area contributed by atoms with E-state index in [-0.39, 0.29) is 35.2 Å². The molecule has 1 atom stereocenters. The smallest absolute Gasteiger partial charge is 0.261 e. The van der Waals surface area contributed by atoms with Gasteiger partial charge in [-0.25, -0.2) is 17.2 Å². The van der Waals surface area contributed by atoms with Crippen LogP contribution in [-0.2, 0) is 32.6 Å². The molecule has 2 amide bonds. The summed E-state index contributed by atoms with van der Waals surface area (Å²) < 4.78 is 60.6. The van der Waals surface area contributed by atoms with Gasteiger partial charge in [-0.15, -0.1) is 0 Å². The van der Waals surface area contributed by atoms with Crippen LogP contribution >= 0.6 is 0 Å². The minimum Gasteiger partial charge on any atom is -0.484 e. The number of halogens is 2. The maximum atomic E-state index is 13.8. The Morgan fingerprint density at radius 3 is 2.07 bits per heavy atom. The monoisotopic (exact) mass is 649 g/mol. The van der Waals surface area contributed by atoms with Crippen LogP contribution in [0.1, 0.15) is 37.3 Å². The average molecular weight is 650 g/mol. The molecular formula is C35H37F2N3O5S. The number of anilines is 1.